The highest BCUT2D eigenvalue weighted by Crippen LogP contribution is 2.07. The minimum Gasteiger partial charge on any atom is -0.461 e. The van der Waals surface area contributed by atoms with E-state index in [0.29, 0.717) is 18.9 Å². The first-order valence-electron chi connectivity index (χ1n) is 7.03. The number of esters is 1. The van der Waals surface area contributed by atoms with E-state index >= 15 is 0 Å². The SMILES string of the molecule is O=C(OCCCCCCCCCO)c1ccccn1. The lowest BCUT2D eigenvalue weighted by Gasteiger charge is -2.04. The lowest BCUT2D eigenvalue weighted by molar-refractivity contribution is 0.0491. The Morgan fingerprint density at radius 2 is 1.74 bits per heavy atom. The van der Waals surface area contributed by atoms with Gasteiger partial charge in [0.2, 0.25) is 0 Å². The van der Waals surface area contributed by atoms with Gasteiger partial charge >= 0.3 is 5.97 Å². The number of rotatable bonds is 10. The second-order valence-corrected chi connectivity index (χ2v) is 4.55. The van der Waals surface area contributed by atoms with Crippen molar-refractivity contribution in [2.75, 3.05) is 13.2 Å². The zero-order valence-corrected chi connectivity index (χ0v) is 11.4. The van der Waals surface area contributed by atoms with E-state index in [-0.39, 0.29) is 5.97 Å². The van der Waals surface area contributed by atoms with E-state index in [2.05, 4.69) is 4.98 Å². The van der Waals surface area contributed by atoms with Gasteiger partial charge in [-0.05, 0) is 25.0 Å². The molecule has 0 atom stereocenters. The van der Waals surface area contributed by atoms with Gasteiger partial charge in [0.15, 0.2) is 0 Å². The molecule has 0 spiro atoms. The number of aliphatic hydroxyl groups is 1. The van der Waals surface area contributed by atoms with Crippen LogP contribution in [0.25, 0.3) is 0 Å². The summed E-state index contributed by atoms with van der Waals surface area (Å²) in [7, 11) is 0. The molecule has 1 heterocycles. The number of ether oxygens (including phenoxy) is 1. The number of pyridine rings is 1. The summed E-state index contributed by atoms with van der Waals surface area (Å²) in [6.07, 6.45) is 9.10. The Morgan fingerprint density at radius 1 is 1.05 bits per heavy atom. The first-order valence-corrected chi connectivity index (χ1v) is 7.03. The number of carbonyl (C=O) groups excluding carboxylic acids is 1. The lowest BCUT2D eigenvalue weighted by atomic mass is 10.1. The van der Waals surface area contributed by atoms with Gasteiger partial charge in [0.05, 0.1) is 6.61 Å². The van der Waals surface area contributed by atoms with E-state index in [9.17, 15) is 4.79 Å². The van der Waals surface area contributed by atoms with Gasteiger partial charge in [0.1, 0.15) is 5.69 Å². The Hall–Kier alpha value is -1.42. The van der Waals surface area contributed by atoms with Crippen molar-refractivity contribution in [1.29, 1.82) is 0 Å². The lowest BCUT2D eigenvalue weighted by Crippen LogP contribution is -2.08. The van der Waals surface area contributed by atoms with Crippen LogP contribution in [0.1, 0.15) is 55.4 Å². The normalized spacial score (nSPS) is 10.4. The van der Waals surface area contributed by atoms with Crippen LogP contribution in [0, 0.1) is 0 Å². The van der Waals surface area contributed by atoms with Crippen molar-refractivity contribution in [2.45, 2.75) is 44.9 Å². The maximum absolute atomic E-state index is 11.5. The van der Waals surface area contributed by atoms with Gasteiger partial charge in [-0.25, -0.2) is 9.78 Å². The predicted molar refractivity (Wildman–Crippen MR) is 73.9 cm³/mol. The summed E-state index contributed by atoms with van der Waals surface area (Å²) >= 11 is 0. The first kappa shape index (κ1) is 15.6. The smallest absolute Gasteiger partial charge is 0.356 e. The number of unbranched alkanes of at least 4 members (excludes halogenated alkanes) is 6. The summed E-state index contributed by atoms with van der Waals surface area (Å²) in [6.45, 7) is 0.759. The highest BCUT2D eigenvalue weighted by molar-refractivity contribution is 5.87. The van der Waals surface area contributed by atoms with E-state index in [1.807, 2.05) is 0 Å². The average molecular weight is 265 g/mol. The molecule has 106 valence electrons. The van der Waals surface area contributed by atoms with Crippen LogP contribution in [0.2, 0.25) is 0 Å². The van der Waals surface area contributed by atoms with Gasteiger partial charge < -0.3 is 9.84 Å². The van der Waals surface area contributed by atoms with E-state index in [1.54, 1.807) is 24.4 Å². The number of hydrogen-bond acceptors (Lipinski definition) is 4. The van der Waals surface area contributed by atoms with Gasteiger partial charge in [-0.3, -0.25) is 0 Å². The fraction of sp³-hybridized carbons (Fsp3) is 0.600. The molecule has 4 heteroatoms. The van der Waals surface area contributed by atoms with Crippen LogP contribution in [0.15, 0.2) is 24.4 Å². The summed E-state index contributed by atoms with van der Waals surface area (Å²) in [4.78, 5) is 15.5. The van der Waals surface area contributed by atoms with Gasteiger partial charge in [-0.2, -0.15) is 0 Å². The minimum atomic E-state index is -0.344. The summed E-state index contributed by atoms with van der Waals surface area (Å²) in [6, 6.07) is 5.20. The Labute approximate surface area is 114 Å². The zero-order valence-electron chi connectivity index (χ0n) is 11.4. The molecule has 0 saturated heterocycles. The molecule has 1 N–H and O–H groups in total. The molecule has 0 aliphatic rings. The van der Waals surface area contributed by atoms with Crippen molar-refractivity contribution < 1.29 is 14.6 Å². The molecule has 0 radical (unpaired) electrons. The molecule has 1 aromatic rings. The Morgan fingerprint density at radius 3 is 2.37 bits per heavy atom. The summed E-state index contributed by atoms with van der Waals surface area (Å²) < 4.78 is 5.14. The maximum atomic E-state index is 11.5. The minimum absolute atomic E-state index is 0.295. The molecule has 0 fully saturated rings. The highest BCUT2D eigenvalue weighted by atomic mass is 16.5. The Kier molecular flexibility index (Phi) is 8.64. The van der Waals surface area contributed by atoms with Crippen LogP contribution in [-0.4, -0.2) is 29.3 Å². The largest absolute Gasteiger partial charge is 0.461 e. The second-order valence-electron chi connectivity index (χ2n) is 4.55. The van der Waals surface area contributed by atoms with Crippen LogP contribution in [0.5, 0.6) is 0 Å². The number of carbonyl (C=O) groups is 1. The third-order valence-corrected chi connectivity index (χ3v) is 2.91. The first-order chi connectivity index (χ1) is 9.34. The molecular weight excluding hydrogens is 242 g/mol. The van der Waals surface area contributed by atoms with E-state index in [4.69, 9.17) is 9.84 Å². The molecule has 0 bridgehead atoms. The Balaban J connectivity index is 1.95. The van der Waals surface area contributed by atoms with Crippen LogP contribution >= 0.6 is 0 Å². The fourth-order valence-corrected chi connectivity index (χ4v) is 1.82. The van der Waals surface area contributed by atoms with Crippen molar-refractivity contribution in [3.8, 4) is 0 Å². The molecule has 0 saturated carbocycles. The van der Waals surface area contributed by atoms with Crippen molar-refractivity contribution in [2.24, 2.45) is 0 Å². The zero-order chi connectivity index (χ0) is 13.8. The molecule has 1 rings (SSSR count). The topological polar surface area (TPSA) is 59.4 Å². The van der Waals surface area contributed by atoms with Gasteiger partial charge in [-0.15, -0.1) is 0 Å². The van der Waals surface area contributed by atoms with E-state index in [1.165, 1.54) is 12.8 Å². The molecule has 0 amide bonds. The summed E-state index contributed by atoms with van der Waals surface area (Å²) in [5.41, 5.74) is 0.367. The van der Waals surface area contributed by atoms with Crippen LogP contribution in [0.3, 0.4) is 0 Å². The Bertz CT molecular complexity index is 341. The highest BCUT2D eigenvalue weighted by Gasteiger charge is 2.06. The molecule has 0 aliphatic carbocycles. The average Bonchev–Trinajstić information content (AvgIpc) is 2.46. The number of nitrogens with zero attached hydrogens (tertiary/aromatic N) is 1. The van der Waals surface area contributed by atoms with Crippen LogP contribution in [0.4, 0.5) is 0 Å². The number of hydrogen-bond donors (Lipinski definition) is 1. The molecule has 19 heavy (non-hydrogen) atoms. The molecule has 0 unspecified atom stereocenters. The van der Waals surface area contributed by atoms with Crippen LogP contribution < -0.4 is 0 Å². The standard InChI is InChI=1S/C15H23NO3/c17-12-8-4-2-1-3-5-9-13-19-15(18)14-10-6-7-11-16-14/h6-7,10-11,17H,1-5,8-9,12-13H2. The van der Waals surface area contributed by atoms with Gasteiger partial charge in [0, 0.05) is 12.8 Å². The molecule has 0 aliphatic heterocycles. The van der Waals surface area contributed by atoms with E-state index in [0.717, 1.165) is 32.1 Å². The van der Waals surface area contributed by atoms with Crippen LogP contribution in [-0.2, 0) is 4.74 Å². The second kappa shape index (κ2) is 10.5. The van der Waals surface area contributed by atoms with Gasteiger partial charge in [0.25, 0.3) is 0 Å². The fourth-order valence-electron chi connectivity index (χ4n) is 1.82. The monoisotopic (exact) mass is 265 g/mol. The molecule has 1 aromatic heterocycles. The quantitative estimate of drug-likeness (QED) is 0.522. The molecule has 0 aromatic carbocycles. The van der Waals surface area contributed by atoms with E-state index < -0.39 is 0 Å². The van der Waals surface area contributed by atoms with Crippen molar-refractivity contribution in [3.05, 3.63) is 30.1 Å². The summed E-state index contributed by atoms with van der Waals surface area (Å²) in [5.74, 6) is -0.344. The molecular formula is C15H23NO3. The predicted octanol–water partition coefficient (Wildman–Crippen LogP) is 2.96. The number of aliphatic hydroxyl groups excluding tert-OH is 1. The van der Waals surface area contributed by atoms with Gasteiger partial charge in [-0.1, -0.05) is 38.2 Å². The third kappa shape index (κ3) is 7.57. The third-order valence-electron chi connectivity index (χ3n) is 2.91. The van der Waals surface area contributed by atoms with Crippen molar-refractivity contribution >= 4 is 5.97 Å². The maximum Gasteiger partial charge on any atom is 0.356 e. The van der Waals surface area contributed by atoms with Crippen molar-refractivity contribution in [1.82, 2.24) is 4.98 Å². The van der Waals surface area contributed by atoms with Crippen molar-refractivity contribution in [3.63, 3.8) is 0 Å². The summed E-state index contributed by atoms with van der Waals surface area (Å²) in [5, 5.41) is 8.63. The molecule has 4 nitrogen and oxygen atoms in total. The number of aromatic nitrogens is 1.